The van der Waals surface area contributed by atoms with Gasteiger partial charge < -0.3 is 15.0 Å². The molecule has 1 unspecified atom stereocenters. The Balaban J connectivity index is 2.54. The number of aryl methyl sites for hydroxylation is 2. The number of hydrogen-bond acceptors (Lipinski definition) is 3. The fourth-order valence-electron chi connectivity index (χ4n) is 2.03. The van der Waals surface area contributed by atoms with Gasteiger partial charge in [-0.15, -0.1) is 0 Å². The van der Waals surface area contributed by atoms with E-state index in [0.29, 0.717) is 13.0 Å². The molecule has 1 aromatic heterocycles. The molecule has 1 aromatic rings. The molecule has 1 heterocycles. The number of nitrogens with one attached hydrogen (secondary N) is 1. The summed E-state index contributed by atoms with van der Waals surface area (Å²) in [6, 6.07) is 0. The highest BCUT2D eigenvalue weighted by Gasteiger charge is 2.31. The number of rotatable bonds is 7. The number of aliphatic carboxylic acids is 1. The lowest BCUT2D eigenvalue weighted by molar-refractivity contribution is -0.144. The first-order valence-corrected chi connectivity index (χ1v) is 6.37. The van der Waals surface area contributed by atoms with Gasteiger partial charge in [-0.25, -0.2) is 4.98 Å². The largest absolute Gasteiger partial charge is 0.480 e. The van der Waals surface area contributed by atoms with E-state index in [-0.39, 0.29) is 0 Å². The Kier molecular flexibility index (Phi) is 4.90. The van der Waals surface area contributed by atoms with E-state index in [1.807, 2.05) is 27.1 Å². The lowest BCUT2D eigenvalue weighted by Crippen LogP contribution is -2.49. The van der Waals surface area contributed by atoms with Crippen LogP contribution in [-0.2, 0) is 11.3 Å². The van der Waals surface area contributed by atoms with Crippen molar-refractivity contribution in [2.75, 3.05) is 6.54 Å². The van der Waals surface area contributed by atoms with Crippen molar-refractivity contribution in [2.45, 2.75) is 52.6 Å². The molecule has 5 heteroatoms. The van der Waals surface area contributed by atoms with Gasteiger partial charge in [0, 0.05) is 12.2 Å². The number of carboxylic acids is 1. The zero-order chi connectivity index (χ0) is 13.8. The minimum absolute atomic E-state index is 0.604. The SMILES string of the molecule is CCNC(C)(CCCn1cnc(C)c1C)C(=O)O. The molecule has 0 fully saturated rings. The summed E-state index contributed by atoms with van der Waals surface area (Å²) in [5, 5.41) is 12.3. The second-order valence-corrected chi connectivity index (χ2v) is 4.88. The van der Waals surface area contributed by atoms with Crippen LogP contribution in [0, 0.1) is 13.8 Å². The monoisotopic (exact) mass is 253 g/mol. The van der Waals surface area contributed by atoms with Gasteiger partial charge in [-0.3, -0.25) is 4.79 Å². The maximum absolute atomic E-state index is 11.2. The second kappa shape index (κ2) is 6.00. The zero-order valence-electron chi connectivity index (χ0n) is 11.7. The Morgan fingerprint density at radius 3 is 2.67 bits per heavy atom. The summed E-state index contributed by atoms with van der Waals surface area (Å²) in [6.45, 7) is 9.14. The molecule has 0 amide bonds. The van der Waals surface area contributed by atoms with E-state index in [0.717, 1.165) is 24.4 Å². The van der Waals surface area contributed by atoms with Crippen molar-refractivity contribution in [3.63, 3.8) is 0 Å². The first kappa shape index (κ1) is 14.7. The maximum atomic E-state index is 11.2. The van der Waals surface area contributed by atoms with Gasteiger partial charge in [-0.05, 0) is 40.2 Å². The van der Waals surface area contributed by atoms with Crippen molar-refractivity contribution in [1.29, 1.82) is 0 Å². The van der Waals surface area contributed by atoms with Crippen molar-refractivity contribution in [1.82, 2.24) is 14.9 Å². The van der Waals surface area contributed by atoms with E-state index in [1.165, 1.54) is 0 Å². The van der Waals surface area contributed by atoms with Crippen LogP contribution in [0.4, 0.5) is 0 Å². The van der Waals surface area contributed by atoms with Gasteiger partial charge in [0.2, 0.25) is 0 Å². The van der Waals surface area contributed by atoms with Gasteiger partial charge in [-0.2, -0.15) is 0 Å². The van der Waals surface area contributed by atoms with Crippen molar-refractivity contribution < 1.29 is 9.90 Å². The molecule has 102 valence electrons. The van der Waals surface area contributed by atoms with E-state index in [9.17, 15) is 9.90 Å². The molecule has 18 heavy (non-hydrogen) atoms. The molecule has 0 aromatic carbocycles. The normalized spacial score (nSPS) is 14.4. The molecule has 0 bridgehead atoms. The third-order valence-corrected chi connectivity index (χ3v) is 3.46. The van der Waals surface area contributed by atoms with Crippen LogP contribution in [0.15, 0.2) is 6.33 Å². The molecule has 1 atom stereocenters. The predicted octanol–water partition coefficient (Wildman–Crippen LogP) is 1.73. The van der Waals surface area contributed by atoms with Crippen LogP contribution in [0.2, 0.25) is 0 Å². The summed E-state index contributed by atoms with van der Waals surface area (Å²) in [7, 11) is 0. The molecule has 0 saturated carbocycles. The molecule has 0 aliphatic carbocycles. The highest BCUT2D eigenvalue weighted by molar-refractivity contribution is 5.78. The van der Waals surface area contributed by atoms with Crippen LogP contribution in [0.1, 0.15) is 38.1 Å². The van der Waals surface area contributed by atoms with Gasteiger partial charge in [0.25, 0.3) is 0 Å². The van der Waals surface area contributed by atoms with Crippen LogP contribution >= 0.6 is 0 Å². The summed E-state index contributed by atoms with van der Waals surface area (Å²) < 4.78 is 2.07. The molecule has 2 N–H and O–H groups in total. The van der Waals surface area contributed by atoms with Gasteiger partial charge in [0.1, 0.15) is 5.54 Å². The van der Waals surface area contributed by atoms with Crippen molar-refractivity contribution in [3.8, 4) is 0 Å². The van der Waals surface area contributed by atoms with E-state index in [1.54, 1.807) is 6.92 Å². The Morgan fingerprint density at radius 2 is 2.22 bits per heavy atom. The number of aromatic nitrogens is 2. The first-order chi connectivity index (χ1) is 8.40. The van der Waals surface area contributed by atoms with Crippen LogP contribution in [0.25, 0.3) is 0 Å². The van der Waals surface area contributed by atoms with E-state index in [4.69, 9.17) is 0 Å². The summed E-state index contributed by atoms with van der Waals surface area (Å²) in [5.74, 6) is -0.789. The number of imidazole rings is 1. The van der Waals surface area contributed by atoms with Crippen LogP contribution < -0.4 is 5.32 Å². The Morgan fingerprint density at radius 1 is 1.56 bits per heavy atom. The summed E-state index contributed by atoms with van der Waals surface area (Å²) >= 11 is 0. The minimum Gasteiger partial charge on any atom is -0.480 e. The topological polar surface area (TPSA) is 67.2 Å². The molecule has 5 nitrogen and oxygen atoms in total. The number of nitrogens with zero attached hydrogens (tertiary/aromatic N) is 2. The quantitative estimate of drug-likeness (QED) is 0.776. The standard InChI is InChI=1S/C13H23N3O2/c1-5-15-13(4,12(17)18)7-6-8-16-9-14-10(2)11(16)3/h9,15H,5-8H2,1-4H3,(H,17,18). The summed E-state index contributed by atoms with van der Waals surface area (Å²) in [6.07, 6.45) is 3.23. The van der Waals surface area contributed by atoms with Crippen LogP contribution in [0.5, 0.6) is 0 Å². The Labute approximate surface area is 108 Å². The van der Waals surface area contributed by atoms with Crippen molar-refractivity contribution in [3.05, 3.63) is 17.7 Å². The summed E-state index contributed by atoms with van der Waals surface area (Å²) in [5.41, 5.74) is 1.34. The molecule has 0 aliphatic heterocycles. The molecule has 0 saturated heterocycles. The first-order valence-electron chi connectivity index (χ1n) is 6.37. The van der Waals surface area contributed by atoms with Gasteiger partial charge >= 0.3 is 5.97 Å². The highest BCUT2D eigenvalue weighted by atomic mass is 16.4. The smallest absolute Gasteiger partial charge is 0.323 e. The molecular weight excluding hydrogens is 230 g/mol. The highest BCUT2D eigenvalue weighted by Crippen LogP contribution is 2.14. The average molecular weight is 253 g/mol. The van der Waals surface area contributed by atoms with E-state index >= 15 is 0 Å². The second-order valence-electron chi connectivity index (χ2n) is 4.88. The van der Waals surface area contributed by atoms with Crippen LogP contribution in [-0.4, -0.2) is 32.7 Å². The third kappa shape index (κ3) is 3.32. The zero-order valence-corrected chi connectivity index (χ0v) is 11.7. The minimum atomic E-state index is -0.835. The number of carboxylic acid groups (broad SMARTS) is 1. The van der Waals surface area contributed by atoms with E-state index < -0.39 is 11.5 Å². The molecule has 1 rings (SSSR count). The van der Waals surface area contributed by atoms with Gasteiger partial charge in [0.05, 0.1) is 12.0 Å². The molecule has 0 radical (unpaired) electrons. The fourth-order valence-corrected chi connectivity index (χ4v) is 2.03. The maximum Gasteiger partial charge on any atom is 0.323 e. The number of hydrogen-bond donors (Lipinski definition) is 2. The third-order valence-electron chi connectivity index (χ3n) is 3.46. The van der Waals surface area contributed by atoms with E-state index in [2.05, 4.69) is 14.9 Å². The van der Waals surface area contributed by atoms with Crippen molar-refractivity contribution >= 4 is 5.97 Å². The Bertz CT molecular complexity index is 414. The van der Waals surface area contributed by atoms with Crippen molar-refractivity contribution in [2.24, 2.45) is 0 Å². The summed E-state index contributed by atoms with van der Waals surface area (Å²) in [4.78, 5) is 15.5. The number of likely N-dealkylation sites (N-methyl/N-ethyl adjacent to an activating group) is 1. The number of carbonyl (C=O) groups is 1. The lowest BCUT2D eigenvalue weighted by atomic mass is 9.96. The molecule has 0 aliphatic rings. The van der Waals surface area contributed by atoms with Crippen LogP contribution in [0.3, 0.4) is 0 Å². The Hall–Kier alpha value is -1.36. The predicted molar refractivity (Wildman–Crippen MR) is 70.7 cm³/mol. The molecular formula is C13H23N3O2. The lowest BCUT2D eigenvalue weighted by Gasteiger charge is -2.25. The van der Waals surface area contributed by atoms with Gasteiger partial charge in [0.15, 0.2) is 0 Å². The van der Waals surface area contributed by atoms with Gasteiger partial charge in [-0.1, -0.05) is 6.92 Å². The fraction of sp³-hybridized carbons (Fsp3) is 0.692. The molecule has 0 spiro atoms. The average Bonchev–Trinajstić information content (AvgIpc) is 2.61.